The van der Waals surface area contributed by atoms with Crippen LogP contribution in [-0.4, -0.2) is 28.2 Å². The minimum Gasteiger partial charge on any atom is -0.486 e. The van der Waals surface area contributed by atoms with E-state index < -0.39 is 0 Å². The number of nitrogens with zero attached hydrogens (tertiary/aromatic N) is 3. The van der Waals surface area contributed by atoms with E-state index in [2.05, 4.69) is 15.3 Å². The van der Waals surface area contributed by atoms with Gasteiger partial charge in [0.15, 0.2) is 17.3 Å². The van der Waals surface area contributed by atoms with Crippen molar-refractivity contribution in [2.24, 2.45) is 0 Å². The Labute approximate surface area is 170 Å². The molecule has 0 bridgehead atoms. The van der Waals surface area contributed by atoms with Crippen molar-refractivity contribution in [2.75, 3.05) is 18.5 Å². The Kier molecular flexibility index (Phi) is 4.46. The van der Waals surface area contributed by atoms with E-state index in [4.69, 9.17) is 26.1 Å². The van der Waals surface area contributed by atoms with E-state index in [0.29, 0.717) is 29.9 Å². The number of anilines is 1. The molecule has 0 amide bonds. The van der Waals surface area contributed by atoms with Gasteiger partial charge in [-0.2, -0.15) is 0 Å². The summed E-state index contributed by atoms with van der Waals surface area (Å²) in [6.45, 7) is 1.74. The van der Waals surface area contributed by atoms with E-state index in [1.54, 1.807) is 12.4 Å². The van der Waals surface area contributed by atoms with Gasteiger partial charge in [0.25, 0.3) is 0 Å². The van der Waals surface area contributed by atoms with Gasteiger partial charge in [-0.1, -0.05) is 17.7 Å². The first kappa shape index (κ1) is 17.2. The molecule has 4 heterocycles. The monoisotopic (exact) mass is 410 g/mol. The number of aromatic nitrogens is 3. The first-order valence-electron chi connectivity index (χ1n) is 8.76. The van der Waals surface area contributed by atoms with Crippen LogP contribution in [0.3, 0.4) is 0 Å². The highest BCUT2D eigenvalue weighted by molar-refractivity contribution is 7.22. The van der Waals surface area contributed by atoms with Crippen LogP contribution >= 0.6 is 22.9 Å². The van der Waals surface area contributed by atoms with Crippen LogP contribution in [0.4, 0.5) is 5.82 Å². The van der Waals surface area contributed by atoms with Crippen molar-refractivity contribution < 1.29 is 9.47 Å². The Morgan fingerprint density at radius 3 is 2.68 bits per heavy atom. The van der Waals surface area contributed by atoms with Gasteiger partial charge in [-0.05, 0) is 35.9 Å². The predicted octanol–water partition coefficient (Wildman–Crippen LogP) is 4.79. The maximum absolute atomic E-state index is 6.23. The highest BCUT2D eigenvalue weighted by Gasteiger charge is 2.14. The summed E-state index contributed by atoms with van der Waals surface area (Å²) in [7, 11) is 0. The molecular formula is C20H15ClN4O2S. The Hall–Kier alpha value is -2.90. The second-order valence-electron chi connectivity index (χ2n) is 6.23. The van der Waals surface area contributed by atoms with Crippen molar-refractivity contribution in [3.8, 4) is 22.9 Å². The average Bonchev–Trinajstić information content (AvgIpc) is 3.12. The minimum atomic E-state index is 0.569. The van der Waals surface area contributed by atoms with Crippen molar-refractivity contribution in [3.05, 3.63) is 58.7 Å². The zero-order chi connectivity index (χ0) is 18.9. The van der Waals surface area contributed by atoms with Crippen LogP contribution < -0.4 is 14.8 Å². The topological polar surface area (TPSA) is 69.2 Å². The number of benzene rings is 1. The van der Waals surface area contributed by atoms with Crippen LogP contribution in [0.25, 0.3) is 21.6 Å². The van der Waals surface area contributed by atoms with Crippen LogP contribution in [0.15, 0.2) is 48.8 Å². The van der Waals surface area contributed by atoms with E-state index in [1.165, 1.54) is 11.3 Å². The number of rotatable bonds is 4. The van der Waals surface area contributed by atoms with Gasteiger partial charge in [-0.3, -0.25) is 4.98 Å². The first-order chi connectivity index (χ1) is 13.8. The fourth-order valence-corrected chi connectivity index (χ4v) is 4.13. The lowest BCUT2D eigenvalue weighted by Gasteiger charge is -2.19. The van der Waals surface area contributed by atoms with Crippen LogP contribution in [0, 0.1) is 0 Å². The molecule has 6 nitrogen and oxygen atoms in total. The Bertz CT molecular complexity index is 1150. The van der Waals surface area contributed by atoms with Gasteiger partial charge in [-0.25, -0.2) is 9.97 Å². The van der Waals surface area contributed by atoms with Gasteiger partial charge in [0.05, 0.1) is 9.72 Å². The maximum Gasteiger partial charge on any atom is 0.163 e. The third kappa shape index (κ3) is 3.34. The molecule has 0 atom stereocenters. The summed E-state index contributed by atoms with van der Waals surface area (Å²) in [5.74, 6) is 2.94. The van der Waals surface area contributed by atoms with E-state index in [0.717, 1.165) is 38.7 Å². The molecule has 8 heteroatoms. The molecule has 0 radical (unpaired) electrons. The summed E-state index contributed by atoms with van der Waals surface area (Å²) in [6, 6.07) is 11.6. The van der Waals surface area contributed by atoms with Gasteiger partial charge in [0.2, 0.25) is 0 Å². The molecule has 0 fully saturated rings. The van der Waals surface area contributed by atoms with Crippen molar-refractivity contribution in [1.82, 2.24) is 15.0 Å². The summed E-state index contributed by atoms with van der Waals surface area (Å²) in [5, 5.41) is 4.33. The molecule has 1 aliphatic heterocycles. The standard InChI is InChI=1S/C20H15ClN4O2S/c21-17-10-14-19(23-11-12-1-2-15-16(9-12)27-8-7-26-15)24-18(25-20(14)28-17)13-3-5-22-6-4-13/h1-6,9-10H,7-8,11H2,(H,23,24,25). The largest absolute Gasteiger partial charge is 0.486 e. The molecule has 0 saturated heterocycles. The summed E-state index contributed by atoms with van der Waals surface area (Å²) in [4.78, 5) is 14.3. The predicted molar refractivity (Wildman–Crippen MR) is 110 cm³/mol. The molecule has 28 heavy (non-hydrogen) atoms. The molecule has 1 aliphatic rings. The van der Waals surface area contributed by atoms with Crippen LogP contribution in [0.1, 0.15) is 5.56 Å². The number of halogens is 1. The third-order valence-electron chi connectivity index (χ3n) is 4.37. The number of nitrogens with one attached hydrogen (secondary N) is 1. The molecule has 140 valence electrons. The smallest absolute Gasteiger partial charge is 0.163 e. The molecule has 5 rings (SSSR count). The quantitative estimate of drug-likeness (QED) is 0.521. The van der Waals surface area contributed by atoms with Gasteiger partial charge in [0, 0.05) is 24.5 Å². The second-order valence-corrected chi connectivity index (χ2v) is 7.89. The third-order valence-corrected chi connectivity index (χ3v) is 5.53. The van der Waals surface area contributed by atoms with Crippen molar-refractivity contribution in [3.63, 3.8) is 0 Å². The lowest BCUT2D eigenvalue weighted by molar-refractivity contribution is 0.171. The minimum absolute atomic E-state index is 0.569. The first-order valence-corrected chi connectivity index (χ1v) is 9.95. The highest BCUT2D eigenvalue weighted by Crippen LogP contribution is 2.35. The van der Waals surface area contributed by atoms with Gasteiger partial charge < -0.3 is 14.8 Å². The Balaban J connectivity index is 1.48. The SMILES string of the molecule is Clc1cc2c(NCc3ccc4c(c3)OCCO4)nc(-c3ccncc3)nc2s1. The zero-order valence-corrected chi connectivity index (χ0v) is 16.3. The molecule has 0 saturated carbocycles. The van der Waals surface area contributed by atoms with Crippen molar-refractivity contribution in [2.45, 2.75) is 6.54 Å². The Morgan fingerprint density at radius 2 is 1.82 bits per heavy atom. The summed E-state index contributed by atoms with van der Waals surface area (Å²) in [6.07, 6.45) is 3.46. The van der Waals surface area contributed by atoms with Crippen molar-refractivity contribution >= 4 is 39.0 Å². The Morgan fingerprint density at radius 1 is 1.00 bits per heavy atom. The lowest BCUT2D eigenvalue weighted by Crippen LogP contribution is -2.15. The molecule has 3 aromatic heterocycles. The fourth-order valence-electron chi connectivity index (χ4n) is 3.04. The molecule has 0 spiro atoms. The fraction of sp³-hybridized carbons (Fsp3) is 0.150. The van der Waals surface area contributed by atoms with E-state index in [1.807, 2.05) is 36.4 Å². The molecule has 0 unspecified atom stereocenters. The van der Waals surface area contributed by atoms with Crippen LogP contribution in [-0.2, 0) is 6.54 Å². The number of hydrogen-bond acceptors (Lipinski definition) is 7. The van der Waals surface area contributed by atoms with Gasteiger partial charge in [-0.15, -0.1) is 11.3 Å². The van der Waals surface area contributed by atoms with E-state index in [9.17, 15) is 0 Å². The number of pyridine rings is 1. The van der Waals surface area contributed by atoms with Gasteiger partial charge in [0.1, 0.15) is 23.9 Å². The van der Waals surface area contributed by atoms with Crippen LogP contribution in [0.5, 0.6) is 11.5 Å². The van der Waals surface area contributed by atoms with E-state index in [-0.39, 0.29) is 0 Å². The maximum atomic E-state index is 6.23. The number of thiophene rings is 1. The molecule has 1 N–H and O–H groups in total. The molecule has 4 aromatic rings. The van der Waals surface area contributed by atoms with Crippen molar-refractivity contribution in [1.29, 1.82) is 0 Å². The highest BCUT2D eigenvalue weighted by atomic mass is 35.5. The second kappa shape index (κ2) is 7.26. The van der Waals surface area contributed by atoms with E-state index >= 15 is 0 Å². The summed E-state index contributed by atoms with van der Waals surface area (Å²) >= 11 is 7.67. The van der Waals surface area contributed by atoms with Gasteiger partial charge >= 0.3 is 0 Å². The van der Waals surface area contributed by atoms with Crippen LogP contribution in [0.2, 0.25) is 4.34 Å². The number of fused-ring (bicyclic) bond motifs is 2. The summed E-state index contributed by atoms with van der Waals surface area (Å²) < 4.78 is 11.9. The molecule has 1 aromatic carbocycles. The number of ether oxygens (including phenoxy) is 2. The summed E-state index contributed by atoms with van der Waals surface area (Å²) in [5.41, 5.74) is 1.98. The average molecular weight is 411 g/mol. The zero-order valence-electron chi connectivity index (χ0n) is 14.7. The molecular weight excluding hydrogens is 396 g/mol. The number of hydrogen-bond donors (Lipinski definition) is 1. The lowest BCUT2D eigenvalue weighted by atomic mass is 10.2. The molecule has 0 aliphatic carbocycles. The normalized spacial score (nSPS) is 12.9.